The number of aromatic nitrogens is 2. The fraction of sp³-hybridized carbons (Fsp3) is 0.214. The molecule has 0 bridgehead atoms. The summed E-state index contributed by atoms with van der Waals surface area (Å²) in [7, 11) is 3.06. The van der Waals surface area contributed by atoms with Gasteiger partial charge in [0.25, 0.3) is 0 Å². The van der Waals surface area contributed by atoms with Crippen LogP contribution < -0.4 is 9.47 Å². The lowest BCUT2D eigenvalue weighted by atomic mass is 10.2. The van der Waals surface area contributed by atoms with E-state index in [0.717, 1.165) is 0 Å². The number of hydrogen-bond donors (Lipinski definition) is 0. The highest BCUT2D eigenvalue weighted by atomic mass is 16.5. The molecule has 0 saturated heterocycles. The Morgan fingerprint density at radius 2 is 1.90 bits per heavy atom. The second-order valence-electron chi connectivity index (χ2n) is 3.81. The van der Waals surface area contributed by atoms with Gasteiger partial charge in [0.2, 0.25) is 11.8 Å². The Morgan fingerprint density at radius 3 is 2.60 bits per heavy atom. The first-order valence-corrected chi connectivity index (χ1v) is 5.84. The molecule has 0 aliphatic heterocycles. The number of nitrogens with zero attached hydrogens (tertiary/aromatic N) is 3. The summed E-state index contributed by atoms with van der Waals surface area (Å²) in [5.74, 6) is 1.54. The highest BCUT2D eigenvalue weighted by molar-refractivity contribution is 5.44. The van der Waals surface area contributed by atoms with Crippen molar-refractivity contribution < 1.29 is 14.2 Å². The van der Waals surface area contributed by atoms with Gasteiger partial charge >= 0.3 is 0 Å². The zero-order valence-corrected chi connectivity index (χ0v) is 11.2. The number of hydrogen-bond acceptors (Lipinski definition) is 6. The Balaban J connectivity index is 2.33. The van der Waals surface area contributed by atoms with Gasteiger partial charge in [0.05, 0.1) is 18.7 Å². The van der Waals surface area contributed by atoms with E-state index in [1.165, 1.54) is 7.11 Å². The maximum atomic E-state index is 9.03. The largest absolute Gasteiger partial charge is 0.481 e. The maximum absolute atomic E-state index is 9.03. The lowest BCUT2D eigenvalue weighted by molar-refractivity contribution is 0.176. The van der Waals surface area contributed by atoms with E-state index >= 15 is 0 Å². The lowest BCUT2D eigenvalue weighted by Gasteiger charge is -2.09. The molecule has 6 nitrogen and oxygen atoms in total. The zero-order valence-electron chi connectivity index (χ0n) is 11.2. The van der Waals surface area contributed by atoms with Crippen molar-refractivity contribution >= 4 is 0 Å². The Bertz CT molecular complexity index is 638. The van der Waals surface area contributed by atoms with Crippen molar-refractivity contribution in [3.63, 3.8) is 0 Å². The first-order valence-electron chi connectivity index (χ1n) is 5.84. The van der Waals surface area contributed by atoms with Crippen LogP contribution in [0.15, 0.2) is 30.3 Å². The molecule has 1 aromatic heterocycles. The minimum atomic E-state index is 0.244. The summed E-state index contributed by atoms with van der Waals surface area (Å²) >= 11 is 0. The topological polar surface area (TPSA) is 77.3 Å². The van der Waals surface area contributed by atoms with Crippen LogP contribution in [0.2, 0.25) is 0 Å². The van der Waals surface area contributed by atoms with Crippen LogP contribution >= 0.6 is 0 Å². The fourth-order valence-electron chi connectivity index (χ4n) is 1.56. The number of nitriles is 1. The predicted molar refractivity (Wildman–Crippen MR) is 70.5 cm³/mol. The van der Waals surface area contributed by atoms with Gasteiger partial charge in [-0.15, -0.1) is 0 Å². The lowest BCUT2D eigenvalue weighted by Crippen LogP contribution is -2.01. The minimum Gasteiger partial charge on any atom is -0.481 e. The molecule has 0 saturated carbocycles. The average molecular weight is 271 g/mol. The third-order valence-electron chi connectivity index (χ3n) is 2.43. The van der Waals surface area contributed by atoms with Gasteiger partial charge in [-0.25, -0.2) is 0 Å². The molecular formula is C14H13N3O3. The van der Waals surface area contributed by atoms with E-state index in [0.29, 0.717) is 28.9 Å². The Morgan fingerprint density at radius 1 is 1.15 bits per heavy atom. The molecular weight excluding hydrogens is 258 g/mol. The summed E-state index contributed by atoms with van der Waals surface area (Å²) < 4.78 is 15.7. The Labute approximate surface area is 116 Å². The first kappa shape index (κ1) is 13.8. The van der Waals surface area contributed by atoms with E-state index in [2.05, 4.69) is 16.0 Å². The van der Waals surface area contributed by atoms with Gasteiger partial charge in [-0.05, 0) is 12.1 Å². The van der Waals surface area contributed by atoms with Gasteiger partial charge in [0, 0.05) is 7.11 Å². The zero-order chi connectivity index (χ0) is 14.4. The van der Waals surface area contributed by atoms with E-state index in [1.807, 2.05) is 0 Å². The molecule has 0 aliphatic carbocycles. The summed E-state index contributed by atoms with van der Waals surface area (Å²) in [6.45, 7) is 0.244. The summed E-state index contributed by atoms with van der Waals surface area (Å²) in [6, 6.07) is 10.5. The van der Waals surface area contributed by atoms with Crippen LogP contribution in [0.3, 0.4) is 0 Å². The number of para-hydroxylation sites is 1. The van der Waals surface area contributed by atoms with Crippen molar-refractivity contribution in [2.24, 2.45) is 0 Å². The van der Waals surface area contributed by atoms with Crippen molar-refractivity contribution in [3.05, 3.63) is 41.7 Å². The third-order valence-corrected chi connectivity index (χ3v) is 2.43. The fourth-order valence-corrected chi connectivity index (χ4v) is 1.56. The molecule has 0 amide bonds. The second-order valence-corrected chi connectivity index (χ2v) is 3.81. The van der Waals surface area contributed by atoms with Crippen LogP contribution in [0.4, 0.5) is 0 Å². The molecule has 102 valence electrons. The van der Waals surface area contributed by atoms with Crippen LogP contribution in [-0.4, -0.2) is 24.2 Å². The predicted octanol–water partition coefficient (Wildman–Crippen LogP) is 2.30. The molecule has 0 N–H and O–H groups in total. The molecule has 2 aromatic rings. The normalized spacial score (nSPS) is 9.85. The smallest absolute Gasteiger partial charge is 0.226 e. The average Bonchev–Trinajstić information content (AvgIpc) is 2.48. The van der Waals surface area contributed by atoms with Crippen molar-refractivity contribution in [3.8, 4) is 23.6 Å². The highest BCUT2D eigenvalue weighted by Crippen LogP contribution is 2.25. The molecule has 0 radical (unpaired) electrons. The van der Waals surface area contributed by atoms with Crippen LogP contribution in [0, 0.1) is 11.3 Å². The van der Waals surface area contributed by atoms with Crippen LogP contribution in [0.5, 0.6) is 17.5 Å². The summed E-state index contributed by atoms with van der Waals surface area (Å²) in [5.41, 5.74) is 0.429. The van der Waals surface area contributed by atoms with E-state index in [-0.39, 0.29) is 6.61 Å². The molecule has 1 heterocycles. The Kier molecular flexibility index (Phi) is 4.47. The molecule has 2 rings (SSSR count). The van der Waals surface area contributed by atoms with Crippen molar-refractivity contribution in [2.75, 3.05) is 14.2 Å². The van der Waals surface area contributed by atoms with E-state index in [4.69, 9.17) is 19.5 Å². The maximum Gasteiger partial charge on any atom is 0.226 e. The second kappa shape index (κ2) is 6.50. The van der Waals surface area contributed by atoms with Gasteiger partial charge in [0.15, 0.2) is 5.82 Å². The van der Waals surface area contributed by atoms with E-state index < -0.39 is 0 Å². The van der Waals surface area contributed by atoms with Crippen molar-refractivity contribution in [2.45, 2.75) is 6.61 Å². The van der Waals surface area contributed by atoms with Crippen molar-refractivity contribution in [1.29, 1.82) is 5.26 Å². The van der Waals surface area contributed by atoms with Gasteiger partial charge < -0.3 is 14.2 Å². The molecule has 6 heteroatoms. The van der Waals surface area contributed by atoms with Gasteiger partial charge in [-0.2, -0.15) is 15.2 Å². The Hall–Kier alpha value is -2.65. The monoisotopic (exact) mass is 271 g/mol. The molecule has 20 heavy (non-hydrogen) atoms. The molecule has 0 spiro atoms. The SMILES string of the molecule is COCc1nc(OC)cc(Oc2ccccc2C#N)n1. The van der Waals surface area contributed by atoms with E-state index in [9.17, 15) is 0 Å². The first-order chi connectivity index (χ1) is 9.76. The van der Waals surface area contributed by atoms with Gasteiger partial charge in [-0.3, -0.25) is 0 Å². The third kappa shape index (κ3) is 3.22. The number of benzene rings is 1. The summed E-state index contributed by atoms with van der Waals surface area (Å²) in [4.78, 5) is 8.32. The molecule has 0 atom stereocenters. The molecule has 1 aromatic carbocycles. The molecule has 0 aliphatic rings. The summed E-state index contributed by atoms with van der Waals surface area (Å²) in [6.07, 6.45) is 0. The van der Waals surface area contributed by atoms with Crippen LogP contribution in [-0.2, 0) is 11.3 Å². The molecule has 0 unspecified atom stereocenters. The molecule has 0 fully saturated rings. The number of methoxy groups -OCH3 is 2. The van der Waals surface area contributed by atoms with Gasteiger partial charge in [-0.1, -0.05) is 12.1 Å². The van der Waals surface area contributed by atoms with Crippen molar-refractivity contribution in [1.82, 2.24) is 9.97 Å². The standard InChI is InChI=1S/C14H13N3O3/c1-18-9-12-16-13(19-2)7-14(17-12)20-11-6-4-3-5-10(11)8-15/h3-7H,9H2,1-2H3. The van der Waals surface area contributed by atoms with E-state index in [1.54, 1.807) is 37.4 Å². The summed E-state index contributed by atoms with van der Waals surface area (Å²) in [5, 5.41) is 9.03. The highest BCUT2D eigenvalue weighted by Gasteiger charge is 2.09. The van der Waals surface area contributed by atoms with Gasteiger partial charge in [0.1, 0.15) is 18.4 Å². The number of rotatable bonds is 5. The van der Waals surface area contributed by atoms with Crippen LogP contribution in [0.1, 0.15) is 11.4 Å². The minimum absolute atomic E-state index is 0.244. The van der Waals surface area contributed by atoms with Crippen LogP contribution in [0.25, 0.3) is 0 Å². The number of ether oxygens (including phenoxy) is 3. The quantitative estimate of drug-likeness (QED) is 0.830.